The summed E-state index contributed by atoms with van der Waals surface area (Å²) in [5, 5.41) is 18.1. The molecule has 1 aromatic carbocycles. The maximum Gasteiger partial charge on any atom is 0.341 e. The van der Waals surface area contributed by atoms with Crippen LogP contribution in [0.3, 0.4) is 0 Å². The van der Waals surface area contributed by atoms with Crippen LogP contribution in [0.4, 0.5) is 0 Å². The van der Waals surface area contributed by atoms with Gasteiger partial charge in [-0.15, -0.1) is 0 Å². The molecule has 0 aliphatic heterocycles. The van der Waals surface area contributed by atoms with Crippen LogP contribution >= 0.6 is 0 Å². The maximum atomic E-state index is 12.3. The van der Waals surface area contributed by atoms with E-state index in [0.29, 0.717) is 12.1 Å². The Balaban J connectivity index is 2.55. The summed E-state index contributed by atoms with van der Waals surface area (Å²) in [6.07, 6.45) is 1.32. The number of aromatic carboxylic acids is 1. The number of carboxylic acid groups (broad SMARTS) is 1. The van der Waals surface area contributed by atoms with Gasteiger partial charge in [-0.1, -0.05) is 31.2 Å². The molecule has 2 aromatic rings. The molecule has 0 amide bonds. The van der Waals surface area contributed by atoms with Crippen molar-refractivity contribution in [3.63, 3.8) is 0 Å². The van der Waals surface area contributed by atoms with E-state index in [4.69, 9.17) is 10.2 Å². The van der Waals surface area contributed by atoms with Crippen LogP contribution in [0.15, 0.2) is 41.2 Å². The molecule has 0 aliphatic carbocycles. The third-order valence-corrected chi connectivity index (χ3v) is 3.60. The van der Waals surface area contributed by atoms with Gasteiger partial charge in [-0.3, -0.25) is 4.79 Å². The molecule has 1 heterocycles. The number of carboxylic acids is 1. The minimum absolute atomic E-state index is 0.0576. The number of pyridine rings is 1. The first-order chi connectivity index (χ1) is 10.6. The predicted octanol–water partition coefficient (Wildman–Crippen LogP) is 2.16. The smallest absolute Gasteiger partial charge is 0.341 e. The van der Waals surface area contributed by atoms with Gasteiger partial charge in [0.05, 0.1) is 5.69 Å². The standard InChI is InChI=1S/C17H19NO4/c1-2-12-4-6-13(7-5-12)15-9-8-14(17(21)22)16(20)18(15)10-3-11-19/h4-9,19H,2-3,10-11H2,1H3,(H,21,22). The van der Waals surface area contributed by atoms with Gasteiger partial charge in [0.2, 0.25) is 0 Å². The highest BCUT2D eigenvalue weighted by Crippen LogP contribution is 2.20. The predicted molar refractivity (Wildman–Crippen MR) is 84.2 cm³/mol. The molecule has 22 heavy (non-hydrogen) atoms. The lowest BCUT2D eigenvalue weighted by Gasteiger charge is -2.14. The van der Waals surface area contributed by atoms with E-state index in [1.165, 1.54) is 16.2 Å². The number of hydrogen-bond acceptors (Lipinski definition) is 3. The van der Waals surface area contributed by atoms with Crippen LogP contribution in [-0.2, 0) is 13.0 Å². The van der Waals surface area contributed by atoms with E-state index < -0.39 is 11.5 Å². The van der Waals surface area contributed by atoms with Crippen molar-refractivity contribution in [1.29, 1.82) is 0 Å². The lowest BCUT2D eigenvalue weighted by Crippen LogP contribution is -2.27. The second-order valence-electron chi connectivity index (χ2n) is 5.02. The lowest BCUT2D eigenvalue weighted by molar-refractivity contribution is 0.0694. The van der Waals surface area contributed by atoms with Gasteiger partial charge in [0.15, 0.2) is 0 Å². The highest BCUT2D eigenvalue weighted by atomic mass is 16.4. The Morgan fingerprint density at radius 2 is 1.82 bits per heavy atom. The van der Waals surface area contributed by atoms with Crippen LogP contribution in [0.25, 0.3) is 11.3 Å². The Morgan fingerprint density at radius 3 is 2.36 bits per heavy atom. The van der Waals surface area contributed by atoms with Crippen LogP contribution in [0.1, 0.15) is 29.3 Å². The number of nitrogens with zero attached hydrogens (tertiary/aromatic N) is 1. The highest BCUT2D eigenvalue weighted by molar-refractivity contribution is 5.87. The van der Waals surface area contributed by atoms with Crippen molar-refractivity contribution in [2.24, 2.45) is 0 Å². The number of aromatic nitrogens is 1. The minimum Gasteiger partial charge on any atom is -0.477 e. The minimum atomic E-state index is -1.24. The molecule has 0 saturated heterocycles. The van der Waals surface area contributed by atoms with Gasteiger partial charge in [0.1, 0.15) is 5.56 Å². The second kappa shape index (κ2) is 7.04. The fourth-order valence-corrected chi connectivity index (χ4v) is 2.36. The Labute approximate surface area is 128 Å². The molecule has 1 aromatic heterocycles. The van der Waals surface area contributed by atoms with Gasteiger partial charge < -0.3 is 14.8 Å². The van der Waals surface area contributed by atoms with Crippen LogP contribution < -0.4 is 5.56 Å². The van der Waals surface area contributed by atoms with Gasteiger partial charge in [-0.05, 0) is 36.1 Å². The summed E-state index contributed by atoms with van der Waals surface area (Å²) in [4.78, 5) is 23.5. The number of aliphatic hydroxyl groups excluding tert-OH is 1. The Bertz CT molecular complexity index is 716. The van der Waals surface area contributed by atoms with Gasteiger partial charge in [-0.2, -0.15) is 0 Å². The quantitative estimate of drug-likeness (QED) is 0.857. The lowest BCUT2D eigenvalue weighted by atomic mass is 10.1. The molecule has 0 atom stereocenters. The largest absolute Gasteiger partial charge is 0.477 e. The summed E-state index contributed by atoms with van der Waals surface area (Å²) in [6, 6.07) is 10.8. The third-order valence-electron chi connectivity index (χ3n) is 3.60. The zero-order valence-corrected chi connectivity index (χ0v) is 12.5. The van der Waals surface area contributed by atoms with Crippen molar-refractivity contribution in [3.8, 4) is 11.3 Å². The first kappa shape index (κ1) is 16.0. The van der Waals surface area contributed by atoms with Crippen molar-refractivity contribution in [3.05, 3.63) is 57.9 Å². The van der Waals surface area contributed by atoms with E-state index in [1.54, 1.807) is 6.07 Å². The van der Waals surface area contributed by atoms with Crippen molar-refractivity contribution < 1.29 is 15.0 Å². The van der Waals surface area contributed by atoms with E-state index in [-0.39, 0.29) is 18.7 Å². The molecule has 0 fully saturated rings. The highest BCUT2D eigenvalue weighted by Gasteiger charge is 2.14. The Hall–Kier alpha value is -2.40. The topological polar surface area (TPSA) is 79.5 Å². The molecule has 0 unspecified atom stereocenters. The van der Waals surface area contributed by atoms with Crippen molar-refractivity contribution in [1.82, 2.24) is 4.57 Å². The average Bonchev–Trinajstić information content (AvgIpc) is 2.53. The maximum absolute atomic E-state index is 12.3. The first-order valence-electron chi connectivity index (χ1n) is 7.25. The molecular weight excluding hydrogens is 282 g/mol. The zero-order chi connectivity index (χ0) is 16.1. The number of aryl methyl sites for hydroxylation is 1. The van der Waals surface area contributed by atoms with Gasteiger partial charge in [-0.25, -0.2) is 4.79 Å². The van der Waals surface area contributed by atoms with Crippen LogP contribution in [0.5, 0.6) is 0 Å². The first-order valence-corrected chi connectivity index (χ1v) is 7.25. The molecule has 0 saturated carbocycles. The number of carbonyl (C=O) groups is 1. The summed E-state index contributed by atoms with van der Waals surface area (Å²) >= 11 is 0. The summed E-state index contributed by atoms with van der Waals surface area (Å²) < 4.78 is 1.42. The molecule has 5 nitrogen and oxygen atoms in total. The second-order valence-corrected chi connectivity index (χ2v) is 5.02. The Kier molecular flexibility index (Phi) is 5.12. The molecule has 0 spiro atoms. The van der Waals surface area contributed by atoms with Crippen molar-refractivity contribution >= 4 is 5.97 Å². The van der Waals surface area contributed by atoms with Gasteiger partial charge in [0, 0.05) is 13.2 Å². The number of benzene rings is 1. The summed E-state index contributed by atoms with van der Waals surface area (Å²) in [6.45, 7) is 2.28. The molecular formula is C17H19NO4. The van der Waals surface area contributed by atoms with Crippen LogP contribution in [0.2, 0.25) is 0 Å². The summed E-state index contributed by atoms with van der Waals surface area (Å²) in [5.41, 5.74) is 1.90. The monoisotopic (exact) mass is 301 g/mol. The van der Waals surface area contributed by atoms with Gasteiger partial charge >= 0.3 is 5.97 Å². The normalized spacial score (nSPS) is 10.6. The molecule has 2 N–H and O–H groups in total. The molecule has 5 heteroatoms. The molecule has 0 radical (unpaired) electrons. The van der Waals surface area contributed by atoms with Gasteiger partial charge in [0.25, 0.3) is 5.56 Å². The van der Waals surface area contributed by atoms with E-state index in [0.717, 1.165) is 12.0 Å². The molecule has 0 aliphatic rings. The molecule has 116 valence electrons. The van der Waals surface area contributed by atoms with Crippen LogP contribution in [-0.4, -0.2) is 27.4 Å². The van der Waals surface area contributed by atoms with E-state index in [9.17, 15) is 9.59 Å². The zero-order valence-electron chi connectivity index (χ0n) is 12.5. The average molecular weight is 301 g/mol. The fourth-order valence-electron chi connectivity index (χ4n) is 2.36. The SMILES string of the molecule is CCc1ccc(-c2ccc(C(=O)O)c(=O)n2CCCO)cc1. The number of rotatable bonds is 6. The number of aliphatic hydroxyl groups is 1. The van der Waals surface area contributed by atoms with Crippen molar-refractivity contribution in [2.75, 3.05) is 6.61 Å². The Morgan fingerprint density at radius 1 is 1.14 bits per heavy atom. The summed E-state index contributed by atoms with van der Waals surface area (Å²) in [7, 11) is 0. The summed E-state index contributed by atoms with van der Waals surface area (Å²) in [5.74, 6) is -1.24. The number of hydrogen-bond donors (Lipinski definition) is 2. The van der Waals surface area contributed by atoms with E-state index >= 15 is 0 Å². The molecule has 0 bridgehead atoms. The van der Waals surface area contributed by atoms with E-state index in [1.807, 2.05) is 24.3 Å². The third kappa shape index (κ3) is 3.26. The van der Waals surface area contributed by atoms with E-state index in [2.05, 4.69) is 6.92 Å². The van der Waals surface area contributed by atoms with Crippen LogP contribution in [0, 0.1) is 0 Å². The van der Waals surface area contributed by atoms with Crippen molar-refractivity contribution in [2.45, 2.75) is 26.3 Å². The fraction of sp³-hybridized carbons (Fsp3) is 0.294. The molecule has 2 rings (SSSR count).